The number of carbonyl (C=O) groups excluding carboxylic acids is 4. The number of carboxylic acids is 1. The van der Waals surface area contributed by atoms with Gasteiger partial charge in [-0.15, -0.1) is 6.58 Å². The van der Waals surface area contributed by atoms with Crippen molar-refractivity contribution in [2.45, 2.75) is 169 Å². The standard InChI is InChI=1S/C31H59N5O7.C3H8.C3H6.C2H7N.2CH4O/c1-4-6-7-8-9-10-11-16-27(38)33-23-14-21-32-20-13-17-28(39)35-25(5-2)31(43)34-22-12-15-26(24(3)37)36-29(40)18-19-30(41)42;3*1-3-2;2*1-2/h24-26,32,37H,4-23H2,1-3H3,(H,33,38)(H,34,43)(H,35,39)(H,36,40)(H,41,42);3H2,1-2H3;3H,1H2,2H3;3H,1-2H3;2*2H,1H3/t24?,25-,26?;;;;;/m1...../s1. The van der Waals surface area contributed by atoms with E-state index < -0.39 is 30.1 Å². The predicted octanol–water partition coefficient (Wildman–Crippen LogP) is 4.19. The topological polar surface area (TPSA) is 238 Å². The van der Waals surface area contributed by atoms with Crippen LogP contribution in [0, 0.1) is 0 Å². The van der Waals surface area contributed by atoms with E-state index in [1.807, 2.05) is 27.9 Å². The Hall–Kier alpha value is -3.11. The minimum absolute atomic E-state index is 0.113. The van der Waals surface area contributed by atoms with Gasteiger partial charge in [0.05, 0.1) is 18.6 Å². The Bertz CT molecular complexity index is 878. The van der Waals surface area contributed by atoms with E-state index in [4.69, 9.17) is 15.3 Å². The van der Waals surface area contributed by atoms with Crippen molar-refractivity contribution in [2.24, 2.45) is 0 Å². The quantitative estimate of drug-likeness (QED) is 0.0397. The second kappa shape index (κ2) is 56.2. The highest BCUT2D eigenvalue weighted by atomic mass is 16.4. The van der Waals surface area contributed by atoms with Gasteiger partial charge in [0.1, 0.15) is 6.04 Å². The smallest absolute Gasteiger partial charge is 0.303 e. The number of allylic oxidation sites excluding steroid dienone is 1. The van der Waals surface area contributed by atoms with Crippen molar-refractivity contribution in [1.82, 2.24) is 31.9 Å². The molecule has 0 fully saturated rings. The highest BCUT2D eigenvalue weighted by Gasteiger charge is 2.20. The molecule has 0 aromatic carbocycles. The molecule has 0 saturated heterocycles. The van der Waals surface area contributed by atoms with Gasteiger partial charge in [-0.2, -0.15) is 0 Å². The van der Waals surface area contributed by atoms with Crippen molar-refractivity contribution in [1.29, 1.82) is 0 Å². The Morgan fingerprint density at radius 1 is 0.643 bits per heavy atom. The Balaban J connectivity index is -0.000000423. The van der Waals surface area contributed by atoms with Gasteiger partial charge in [0.2, 0.25) is 23.6 Å². The van der Waals surface area contributed by atoms with Crippen LogP contribution in [0.3, 0.4) is 0 Å². The first-order chi connectivity index (χ1) is 26.8. The number of aliphatic hydroxyl groups excluding tert-OH is 3. The van der Waals surface area contributed by atoms with E-state index in [9.17, 15) is 29.1 Å². The SMILES string of the molecule is C=CC.CCC.CCCCCCCCCC(=O)NCCCNCCCC(=O)N[C@H](CC)C(=O)NCCCC(NC(=O)CCC(=O)O)C(C)O.CNC.CO.CO. The van der Waals surface area contributed by atoms with E-state index in [1.165, 1.54) is 45.4 Å². The molecule has 0 bridgehead atoms. The molecule has 0 aliphatic heterocycles. The summed E-state index contributed by atoms with van der Waals surface area (Å²) in [5.41, 5.74) is 0. The van der Waals surface area contributed by atoms with Gasteiger partial charge in [-0.1, -0.05) is 78.7 Å². The van der Waals surface area contributed by atoms with E-state index in [0.29, 0.717) is 58.2 Å². The first kappa shape index (κ1) is 64.8. The minimum atomic E-state index is -1.07. The molecule has 0 aromatic heterocycles. The summed E-state index contributed by atoms with van der Waals surface area (Å²) in [7, 11) is 5.75. The first-order valence-electron chi connectivity index (χ1n) is 20.6. The zero-order valence-electron chi connectivity index (χ0n) is 37.2. The average Bonchev–Trinajstić information content (AvgIpc) is 3.17. The largest absolute Gasteiger partial charge is 0.481 e. The minimum Gasteiger partial charge on any atom is -0.481 e. The highest BCUT2D eigenvalue weighted by Crippen LogP contribution is 2.08. The third kappa shape index (κ3) is 57.6. The summed E-state index contributed by atoms with van der Waals surface area (Å²) in [5, 5.41) is 49.8. The fourth-order valence-corrected chi connectivity index (χ4v) is 4.48. The van der Waals surface area contributed by atoms with Gasteiger partial charge in [-0.25, -0.2) is 0 Å². The molecule has 0 rings (SSSR count). The summed E-state index contributed by atoms with van der Waals surface area (Å²) in [6, 6.07) is -1.19. The van der Waals surface area contributed by atoms with E-state index >= 15 is 0 Å². The third-order valence-electron chi connectivity index (χ3n) is 7.16. The molecule has 0 aliphatic carbocycles. The summed E-state index contributed by atoms with van der Waals surface area (Å²) in [5.74, 6) is -1.88. The molecule has 4 amide bonds. The van der Waals surface area contributed by atoms with Crippen molar-refractivity contribution >= 4 is 29.6 Å². The van der Waals surface area contributed by atoms with Gasteiger partial charge in [0.25, 0.3) is 0 Å². The summed E-state index contributed by atoms with van der Waals surface area (Å²) < 4.78 is 0. The molecule has 0 aliphatic rings. The second-order valence-electron chi connectivity index (χ2n) is 12.8. The lowest BCUT2D eigenvalue weighted by molar-refractivity contribution is -0.139. The number of amides is 4. The summed E-state index contributed by atoms with van der Waals surface area (Å²) in [6.45, 7) is 17.4. The van der Waals surface area contributed by atoms with Crippen LogP contribution in [0.4, 0.5) is 0 Å². The Morgan fingerprint density at radius 2 is 1.11 bits per heavy atom. The van der Waals surface area contributed by atoms with Crippen LogP contribution >= 0.6 is 0 Å². The number of hydrogen-bond donors (Lipinski definition) is 10. The van der Waals surface area contributed by atoms with E-state index in [1.54, 1.807) is 6.08 Å². The van der Waals surface area contributed by atoms with Crippen LogP contribution in [0.1, 0.15) is 151 Å². The molecular weight excluding hydrogens is 720 g/mol. The van der Waals surface area contributed by atoms with Crippen molar-refractivity contribution in [3.05, 3.63) is 12.7 Å². The number of hydrogen-bond acceptors (Lipinski definition) is 10. The Labute approximate surface area is 341 Å². The van der Waals surface area contributed by atoms with E-state index in [0.717, 1.165) is 40.0 Å². The number of aliphatic hydroxyl groups is 3. The molecule has 0 spiro atoms. The van der Waals surface area contributed by atoms with Crippen LogP contribution in [-0.4, -0.2) is 123 Å². The number of nitrogens with one attached hydrogen (secondary N) is 6. The summed E-state index contributed by atoms with van der Waals surface area (Å²) >= 11 is 0. The normalized spacial score (nSPS) is 11.1. The number of unbranched alkanes of at least 4 members (excludes halogenated alkanes) is 6. The van der Waals surface area contributed by atoms with E-state index in [-0.39, 0.29) is 30.6 Å². The maximum Gasteiger partial charge on any atom is 0.303 e. The van der Waals surface area contributed by atoms with Crippen LogP contribution in [0.25, 0.3) is 0 Å². The summed E-state index contributed by atoms with van der Waals surface area (Å²) in [4.78, 5) is 59.2. The molecule has 0 heterocycles. The molecule has 0 saturated carbocycles. The Morgan fingerprint density at radius 3 is 1.61 bits per heavy atom. The van der Waals surface area contributed by atoms with Crippen LogP contribution in [-0.2, 0) is 24.0 Å². The predicted molar refractivity (Wildman–Crippen MR) is 230 cm³/mol. The first-order valence-corrected chi connectivity index (χ1v) is 20.6. The summed E-state index contributed by atoms with van der Waals surface area (Å²) in [6.07, 6.45) is 13.7. The van der Waals surface area contributed by atoms with Crippen molar-refractivity contribution in [3.63, 3.8) is 0 Å². The van der Waals surface area contributed by atoms with Gasteiger partial charge >= 0.3 is 5.97 Å². The molecule has 15 nitrogen and oxygen atoms in total. The maximum atomic E-state index is 12.5. The van der Waals surface area contributed by atoms with Crippen LogP contribution in [0.5, 0.6) is 0 Å². The lowest BCUT2D eigenvalue weighted by Gasteiger charge is -2.22. The molecule has 15 heteroatoms. The number of rotatable bonds is 28. The molecular formula is C41H88N6O9. The maximum absolute atomic E-state index is 12.5. The third-order valence-corrected chi connectivity index (χ3v) is 7.16. The van der Waals surface area contributed by atoms with Crippen LogP contribution in [0.15, 0.2) is 12.7 Å². The highest BCUT2D eigenvalue weighted by molar-refractivity contribution is 5.87. The van der Waals surface area contributed by atoms with Gasteiger partial charge in [0, 0.05) is 46.6 Å². The zero-order chi connectivity index (χ0) is 44.4. The van der Waals surface area contributed by atoms with Gasteiger partial charge in [-0.3, -0.25) is 24.0 Å². The second-order valence-corrected chi connectivity index (χ2v) is 12.8. The van der Waals surface area contributed by atoms with Gasteiger partial charge in [-0.05, 0) is 79.6 Å². The molecule has 10 N–H and O–H groups in total. The van der Waals surface area contributed by atoms with E-state index in [2.05, 4.69) is 59.3 Å². The Kier molecular flexibility index (Phi) is 65.0. The molecule has 336 valence electrons. The number of carboxylic acid groups (broad SMARTS) is 1. The molecule has 56 heavy (non-hydrogen) atoms. The molecule has 2 unspecified atom stereocenters. The lowest BCUT2D eigenvalue weighted by Crippen LogP contribution is -2.47. The van der Waals surface area contributed by atoms with Gasteiger partial charge in [0.15, 0.2) is 0 Å². The van der Waals surface area contributed by atoms with Crippen LogP contribution in [0.2, 0.25) is 0 Å². The molecule has 0 aromatic rings. The number of aliphatic carboxylic acids is 1. The van der Waals surface area contributed by atoms with Crippen molar-refractivity contribution < 1.29 is 44.4 Å². The van der Waals surface area contributed by atoms with Gasteiger partial charge < -0.3 is 52.3 Å². The molecule has 0 radical (unpaired) electrons. The average molecular weight is 809 g/mol. The lowest BCUT2D eigenvalue weighted by atomic mass is 10.1. The van der Waals surface area contributed by atoms with Crippen LogP contribution < -0.4 is 31.9 Å². The zero-order valence-corrected chi connectivity index (χ0v) is 37.2. The van der Waals surface area contributed by atoms with Crippen molar-refractivity contribution in [3.8, 4) is 0 Å². The number of carbonyl (C=O) groups is 5. The fraction of sp³-hybridized carbons (Fsp3) is 0.829. The fourth-order valence-electron chi connectivity index (χ4n) is 4.48. The monoisotopic (exact) mass is 809 g/mol. The van der Waals surface area contributed by atoms with Crippen molar-refractivity contribution in [2.75, 3.05) is 54.5 Å². The molecule has 3 atom stereocenters.